The lowest BCUT2D eigenvalue weighted by Crippen LogP contribution is -2.08. The highest BCUT2D eigenvalue weighted by molar-refractivity contribution is 5.68. The lowest BCUT2D eigenvalue weighted by molar-refractivity contribution is 0.496. The lowest BCUT2D eigenvalue weighted by atomic mass is 10.0. The fourth-order valence-corrected chi connectivity index (χ4v) is 2.08. The van der Waals surface area contributed by atoms with Gasteiger partial charge in [0.15, 0.2) is 11.6 Å². The van der Waals surface area contributed by atoms with Gasteiger partial charge in [0.25, 0.3) is 0 Å². The molecule has 1 heterocycles. The van der Waals surface area contributed by atoms with Gasteiger partial charge in [0, 0.05) is 23.7 Å². The van der Waals surface area contributed by atoms with Gasteiger partial charge in [-0.3, -0.25) is 0 Å². The molecule has 0 aliphatic carbocycles. The highest BCUT2D eigenvalue weighted by atomic mass is 19.2. The van der Waals surface area contributed by atoms with Crippen LogP contribution >= 0.6 is 0 Å². The molecule has 0 spiro atoms. The van der Waals surface area contributed by atoms with Crippen LogP contribution in [0, 0.1) is 17.5 Å². The smallest absolute Gasteiger partial charge is 0.161 e. The van der Waals surface area contributed by atoms with Crippen molar-refractivity contribution in [3.05, 3.63) is 41.5 Å². The molecule has 0 bridgehead atoms. The third-order valence-corrected chi connectivity index (χ3v) is 3.11. The molecule has 1 N–H and O–H groups in total. The summed E-state index contributed by atoms with van der Waals surface area (Å²) in [6, 6.07) is 1.36. The Morgan fingerprint density at radius 2 is 1.71 bits per heavy atom. The van der Waals surface area contributed by atoms with Crippen LogP contribution in [-0.4, -0.2) is 16.5 Å². The third kappa shape index (κ3) is 3.15. The Kier molecular flexibility index (Phi) is 4.77. The quantitative estimate of drug-likeness (QED) is 0.849. The number of nitrogens with zero attached hydrogens (tertiary/aromatic N) is 2. The van der Waals surface area contributed by atoms with Crippen molar-refractivity contribution < 1.29 is 13.2 Å². The summed E-state index contributed by atoms with van der Waals surface area (Å²) in [5, 5.41) is 3.13. The minimum Gasteiger partial charge on any atom is -0.370 e. The van der Waals surface area contributed by atoms with E-state index >= 15 is 0 Å². The van der Waals surface area contributed by atoms with Gasteiger partial charge in [0.2, 0.25) is 0 Å². The van der Waals surface area contributed by atoms with E-state index in [9.17, 15) is 13.2 Å². The van der Waals surface area contributed by atoms with Crippen LogP contribution in [0.1, 0.15) is 25.8 Å². The number of anilines is 1. The number of hydrogen-bond acceptors (Lipinski definition) is 3. The van der Waals surface area contributed by atoms with Crippen molar-refractivity contribution in [1.82, 2.24) is 9.97 Å². The molecule has 2 aromatic rings. The van der Waals surface area contributed by atoms with Crippen molar-refractivity contribution >= 4 is 5.82 Å². The molecule has 3 nitrogen and oxygen atoms in total. The molecule has 0 aliphatic heterocycles. The average Bonchev–Trinajstić information content (AvgIpc) is 2.48. The second-order valence-electron chi connectivity index (χ2n) is 4.58. The van der Waals surface area contributed by atoms with E-state index in [1.54, 1.807) is 0 Å². The van der Waals surface area contributed by atoms with E-state index in [2.05, 4.69) is 15.3 Å². The number of nitrogens with one attached hydrogen (secondary N) is 1. The standard InChI is InChI=1S/C15H16F3N3/c1-3-5-19-15-9(4-2)14(20-8-21-15)10-6-12(17)13(18)7-11(10)16/h6-8H,3-5H2,1-2H3,(H,19,20,21). The Morgan fingerprint density at radius 1 is 1.00 bits per heavy atom. The highest BCUT2D eigenvalue weighted by Gasteiger charge is 2.17. The number of benzene rings is 1. The Bertz CT molecular complexity index is 644. The van der Waals surface area contributed by atoms with E-state index in [-0.39, 0.29) is 11.3 Å². The zero-order valence-electron chi connectivity index (χ0n) is 11.9. The molecular formula is C15H16F3N3. The predicted octanol–water partition coefficient (Wildman–Crippen LogP) is 3.95. The molecule has 0 aliphatic rings. The maximum atomic E-state index is 13.9. The Morgan fingerprint density at radius 3 is 2.38 bits per heavy atom. The molecule has 0 radical (unpaired) electrons. The highest BCUT2D eigenvalue weighted by Crippen LogP contribution is 2.29. The SMILES string of the molecule is CCCNc1ncnc(-c2cc(F)c(F)cc2F)c1CC. The van der Waals surface area contributed by atoms with Gasteiger partial charge in [-0.1, -0.05) is 13.8 Å². The maximum Gasteiger partial charge on any atom is 0.161 e. The van der Waals surface area contributed by atoms with Crippen LogP contribution in [0.3, 0.4) is 0 Å². The summed E-state index contributed by atoms with van der Waals surface area (Å²) >= 11 is 0. The van der Waals surface area contributed by atoms with Gasteiger partial charge in [-0.15, -0.1) is 0 Å². The summed E-state index contributed by atoms with van der Waals surface area (Å²) in [6.07, 6.45) is 2.73. The van der Waals surface area contributed by atoms with Gasteiger partial charge in [0.05, 0.1) is 5.69 Å². The molecule has 1 aromatic heterocycles. The van der Waals surface area contributed by atoms with E-state index in [1.807, 2.05) is 13.8 Å². The Hall–Kier alpha value is -2.11. The van der Waals surface area contributed by atoms with E-state index in [1.165, 1.54) is 6.33 Å². The zero-order chi connectivity index (χ0) is 15.4. The molecule has 0 fully saturated rings. The molecule has 2 rings (SSSR count). The molecule has 0 amide bonds. The first kappa shape index (κ1) is 15.3. The predicted molar refractivity (Wildman–Crippen MR) is 75.5 cm³/mol. The van der Waals surface area contributed by atoms with Crippen molar-refractivity contribution in [3.8, 4) is 11.3 Å². The van der Waals surface area contributed by atoms with Gasteiger partial charge < -0.3 is 5.32 Å². The summed E-state index contributed by atoms with van der Waals surface area (Å²) in [6.45, 7) is 4.59. The fourth-order valence-electron chi connectivity index (χ4n) is 2.08. The number of hydrogen-bond donors (Lipinski definition) is 1. The second-order valence-corrected chi connectivity index (χ2v) is 4.58. The molecule has 0 saturated heterocycles. The second kappa shape index (κ2) is 6.56. The summed E-state index contributed by atoms with van der Waals surface area (Å²) in [5.74, 6) is -2.57. The van der Waals surface area contributed by atoms with E-state index in [0.717, 1.165) is 12.5 Å². The average molecular weight is 295 g/mol. The number of aromatic nitrogens is 2. The topological polar surface area (TPSA) is 37.8 Å². The van der Waals surface area contributed by atoms with Crippen LogP contribution in [0.2, 0.25) is 0 Å². The summed E-state index contributed by atoms with van der Waals surface area (Å²) < 4.78 is 40.4. The molecular weight excluding hydrogens is 279 g/mol. The molecule has 6 heteroatoms. The van der Waals surface area contributed by atoms with Gasteiger partial charge in [0.1, 0.15) is 18.0 Å². The first-order valence-corrected chi connectivity index (χ1v) is 6.81. The largest absolute Gasteiger partial charge is 0.370 e. The van der Waals surface area contributed by atoms with Crippen LogP contribution in [0.4, 0.5) is 19.0 Å². The summed E-state index contributed by atoms with van der Waals surface area (Å²) in [7, 11) is 0. The molecule has 0 unspecified atom stereocenters. The van der Waals surface area contributed by atoms with Crippen molar-refractivity contribution in [1.29, 1.82) is 0 Å². The minimum absolute atomic E-state index is 0.0623. The van der Waals surface area contributed by atoms with Crippen molar-refractivity contribution in [2.24, 2.45) is 0 Å². The minimum atomic E-state index is -1.22. The van der Waals surface area contributed by atoms with Crippen molar-refractivity contribution in [3.63, 3.8) is 0 Å². The first-order chi connectivity index (χ1) is 10.1. The maximum absolute atomic E-state index is 13.9. The van der Waals surface area contributed by atoms with Crippen LogP contribution in [0.15, 0.2) is 18.5 Å². The van der Waals surface area contributed by atoms with Gasteiger partial charge in [-0.05, 0) is 18.9 Å². The van der Waals surface area contributed by atoms with Gasteiger partial charge >= 0.3 is 0 Å². The molecule has 1 aromatic carbocycles. The van der Waals surface area contributed by atoms with Crippen LogP contribution < -0.4 is 5.32 Å². The van der Waals surface area contributed by atoms with Crippen LogP contribution in [0.5, 0.6) is 0 Å². The molecule has 21 heavy (non-hydrogen) atoms. The normalized spacial score (nSPS) is 10.7. The first-order valence-electron chi connectivity index (χ1n) is 6.81. The fraction of sp³-hybridized carbons (Fsp3) is 0.333. The van der Waals surface area contributed by atoms with E-state index < -0.39 is 17.5 Å². The molecule has 0 atom stereocenters. The third-order valence-electron chi connectivity index (χ3n) is 3.11. The van der Waals surface area contributed by atoms with E-state index in [0.29, 0.717) is 30.4 Å². The summed E-state index contributed by atoms with van der Waals surface area (Å²) in [5.41, 5.74) is 0.894. The van der Waals surface area contributed by atoms with Crippen molar-refractivity contribution in [2.75, 3.05) is 11.9 Å². The van der Waals surface area contributed by atoms with Gasteiger partial charge in [-0.2, -0.15) is 0 Å². The number of halogens is 3. The lowest BCUT2D eigenvalue weighted by Gasteiger charge is -2.13. The Balaban J connectivity index is 2.56. The van der Waals surface area contributed by atoms with E-state index in [4.69, 9.17) is 0 Å². The van der Waals surface area contributed by atoms with Crippen molar-refractivity contribution in [2.45, 2.75) is 26.7 Å². The zero-order valence-corrected chi connectivity index (χ0v) is 11.9. The van der Waals surface area contributed by atoms with Gasteiger partial charge in [-0.25, -0.2) is 23.1 Å². The molecule has 0 saturated carbocycles. The Labute approximate surface area is 121 Å². The monoisotopic (exact) mass is 295 g/mol. The molecule has 112 valence electrons. The van der Waals surface area contributed by atoms with Crippen LogP contribution in [-0.2, 0) is 6.42 Å². The number of rotatable bonds is 5. The summed E-state index contributed by atoms with van der Waals surface area (Å²) in [4.78, 5) is 8.17. The van der Waals surface area contributed by atoms with Crippen LogP contribution in [0.25, 0.3) is 11.3 Å².